The molecule has 51 heavy (non-hydrogen) atoms. The van der Waals surface area contributed by atoms with E-state index in [4.69, 9.17) is 19.7 Å². The SMILES string of the molecule is c1ccc(-c2ccc3c(c2)Oc2ccc(-c4nc(-c5ccccc5)nc(-c5ccc(-c6ccc7ccccc7c6)cc5)n4)c4cccc-3c24)cc1. The fourth-order valence-electron chi connectivity index (χ4n) is 7.16. The summed E-state index contributed by atoms with van der Waals surface area (Å²) in [6.45, 7) is 0. The molecule has 1 aliphatic rings. The van der Waals surface area contributed by atoms with Crippen molar-refractivity contribution in [3.05, 3.63) is 176 Å². The maximum Gasteiger partial charge on any atom is 0.164 e. The Kier molecular flexibility index (Phi) is 6.78. The minimum atomic E-state index is 0.617. The van der Waals surface area contributed by atoms with Crippen molar-refractivity contribution in [2.75, 3.05) is 0 Å². The van der Waals surface area contributed by atoms with Gasteiger partial charge in [-0.05, 0) is 74.3 Å². The lowest BCUT2D eigenvalue weighted by Crippen LogP contribution is -2.02. The third-order valence-electron chi connectivity index (χ3n) is 9.74. The van der Waals surface area contributed by atoms with Crippen LogP contribution in [0.15, 0.2) is 176 Å². The van der Waals surface area contributed by atoms with Crippen molar-refractivity contribution in [3.63, 3.8) is 0 Å². The van der Waals surface area contributed by atoms with Crippen LogP contribution in [-0.2, 0) is 0 Å². The third-order valence-corrected chi connectivity index (χ3v) is 9.74. The maximum atomic E-state index is 6.61. The molecule has 0 atom stereocenters. The van der Waals surface area contributed by atoms with Crippen molar-refractivity contribution in [3.8, 4) is 79.0 Å². The number of nitrogens with zero attached hydrogens (tertiary/aromatic N) is 3. The van der Waals surface area contributed by atoms with E-state index in [2.05, 4.69) is 133 Å². The van der Waals surface area contributed by atoms with E-state index in [1.165, 1.54) is 16.3 Å². The van der Waals surface area contributed by atoms with Gasteiger partial charge in [0.15, 0.2) is 17.5 Å². The Hall–Kier alpha value is -6.91. The molecule has 8 aromatic carbocycles. The Labute approximate surface area is 295 Å². The van der Waals surface area contributed by atoms with Crippen LogP contribution in [0.5, 0.6) is 11.5 Å². The molecule has 4 nitrogen and oxygen atoms in total. The molecule has 0 unspecified atom stereocenters. The number of fused-ring (bicyclic) bond motifs is 3. The second kappa shape index (κ2) is 11.9. The summed E-state index contributed by atoms with van der Waals surface area (Å²) >= 11 is 0. The summed E-state index contributed by atoms with van der Waals surface area (Å²) in [5, 5.41) is 4.54. The number of rotatable bonds is 5. The predicted octanol–water partition coefficient (Wildman–Crippen LogP) is 12.3. The van der Waals surface area contributed by atoms with Gasteiger partial charge in [0.25, 0.3) is 0 Å². The van der Waals surface area contributed by atoms with Crippen molar-refractivity contribution in [2.24, 2.45) is 0 Å². The van der Waals surface area contributed by atoms with Crippen LogP contribution in [0.25, 0.3) is 89.1 Å². The molecule has 9 aromatic rings. The van der Waals surface area contributed by atoms with E-state index in [1.54, 1.807) is 0 Å². The van der Waals surface area contributed by atoms with Crippen molar-refractivity contribution < 1.29 is 4.74 Å². The fraction of sp³-hybridized carbons (Fsp3) is 0. The Morgan fingerprint density at radius 3 is 1.67 bits per heavy atom. The average Bonchev–Trinajstić information content (AvgIpc) is 3.21. The fourth-order valence-corrected chi connectivity index (χ4v) is 7.16. The molecule has 0 bridgehead atoms. The Bertz CT molecular complexity index is 2760. The van der Waals surface area contributed by atoms with Crippen LogP contribution in [0, 0.1) is 0 Å². The average molecular weight is 652 g/mol. The molecule has 0 fully saturated rings. The summed E-state index contributed by atoms with van der Waals surface area (Å²) in [5.74, 6) is 3.55. The van der Waals surface area contributed by atoms with Crippen molar-refractivity contribution >= 4 is 21.5 Å². The highest BCUT2D eigenvalue weighted by Gasteiger charge is 2.23. The van der Waals surface area contributed by atoms with Gasteiger partial charge in [0.2, 0.25) is 0 Å². The van der Waals surface area contributed by atoms with E-state index in [-0.39, 0.29) is 0 Å². The summed E-state index contributed by atoms with van der Waals surface area (Å²) in [6, 6.07) is 61.0. The Balaban J connectivity index is 1.09. The van der Waals surface area contributed by atoms with E-state index >= 15 is 0 Å². The van der Waals surface area contributed by atoms with E-state index < -0.39 is 0 Å². The number of benzene rings is 8. The second-order valence-electron chi connectivity index (χ2n) is 12.8. The second-order valence-corrected chi connectivity index (χ2v) is 12.8. The van der Waals surface area contributed by atoms with Crippen LogP contribution < -0.4 is 4.74 Å². The smallest absolute Gasteiger partial charge is 0.164 e. The zero-order valence-electron chi connectivity index (χ0n) is 27.5. The van der Waals surface area contributed by atoms with Gasteiger partial charge in [0, 0.05) is 27.6 Å². The van der Waals surface area contributed by atoms with Crippen LogP contribution >= 0.6 is 0 Å². The van der Waals surface area contributed by atoms with Crippen molar-refractivity contribution in [1.82, 2.24) is 15.0 Å². The molecule has 0 N–H and O–H groups in total. The first-order valence-corrected chi connectivity index (χ1v) is 17.1. The predicted molar refractivity (Wildman–Crippen MR) is 208 cm³/mol. The number of aromatic nitrogens is 3. The van der Waals surface area contributed by atoms with Gasteiger partial charge in [-0.15, -0.1) is 0 Å². The van der Waals surface area contributed by atoms with Gasteiger partial charge < -0.3 is 4.74 Å². The van der Waals surface area contributed by atoms with E-state index in [0.29, 0.717) is 17.5 Å². The summed E-state index contributed by atoms with van der Waals surface area (Å²) in [6.07, 6.45) is 0. The van der Waals surface area contributed by atoms with Gasteiger partial charge in [-0.2, -0.15) is 0 Å². The number of hydrogen-bond donors (Lipinski definition) is 0. The molecule has 0 aliphatic carbocycles. The minimum Gasteiger partial charge on any atom is -0.456 e. The third kappa shape index (κ3) is 5.13. The first-order valence-electron chi connectivity index (χ1n) is 17.1. The lowest BCUT2D eigenvalue weighted by atomic mass is 9.91. The van der Waals surface area contributed by atoms with Gasteiger partial charge in [0.05, 0.1) is 0 Å². The molecule has 0 saturated heterocycles. The zero-order chi connectivity index (χ0) is 33.7. The number of ether oxygens (including phenoxy) is 1. The summed E-state index contributed by atoms with van der Waals surface area (Å²) in [4.78, 5) is 15.2. The molecule has 0 spiro atoms. The van der Waals surface area contributed by atoms with Crippen molar-refractivity contribution in [1.29, 1.82) is 0 Å². The molecule has 2 heterocycles. The summed E-state index contributed by atoms with van der Waals surface area (Å²) in [5.41, 5.74) is 9.58. The van der Waals surface area contributed by atoms with Gasteiger partial charge in [-0.1, -0.05) is 146 Å². The monoisotopic (exact) mass is 651 g/mol. The quantitative estimate of drug-likeness (QED) is 0.186. The molecule has 0 saturated carbocycles. The molecule has 1 aromatic heterocycles. The first kappa shape index (κ1) is 29.0. The summed E-state index contributed by atoms with van der Waals surface area (Å²) in [7, 11) is 0. The van der Waals surface area contributed by atoms with E-state index in [1.807, 2.05) is 42.5 Å². The molecule has 0 radical (unpaired) electrons. The van der Waals surface area contributed by atoms with Gasteiger partial charge in [-0.3, -0.25) is 0 Å². The molecule has 1 aliphatic heterocycles. The molecule has 4 heteroatoms. The Morgan fingerprint density at radius 1 is 0.314 bits per heavy atom. The zero-order valence-corrected chi connectivity index (χ0v) is 27.5. The number of hydrogen-bond acceptors (Lipinski definition) is 4. The topological polar surface area (TPSA) is 47.9 Å². The van der Waals surface area contributed by atoms with Gasteiger partial charge >= 0.3 is 0 Å². The molecular formula is C47H29N3O. The summed E-state index contributed by atoms with van der Waals surface area (Å²) < 4.78 is 6.61. The van der Waals surface area contributed by atoms with E-state index in [0.717, 1.165) is 66.8 Å². The molecule has 238 valence electrons. The van der Waals surface area contributed by atoms with Gasteiger partial charge in [0.1, 0.15) is 11.5 Å². The highest BCUT2D eigenvalue weighted by molar-refractivity contribution is 6.09. The first-order chi connectivity index (χ1) is 25.2. The molecular weight excluding hydrogens is 623 g/mol. The largest absolute Gasteiger partial charge is 0.456 e. The Morgan fingerprint density at radius 2 is 0.882 bits per heavy atom. The minimum absolute atomic E-state index is 0.617. The highest BCUT2D eigenvalue weighted by Crippen LogP contribution is 2.49. The van der Waals surface area contributed by atoms with Crippen LogP contribution in [0.1, 0.15) is 0 Å². The maximum absolute atomic E-state index is 6.61. The molecule has 10 rings (SSSR count). The van der Waals surface area contributed by atoms with Crippen LogP contribution in [0.3, 0.4) is 0 Å². The van der Waals surface area contributed by atoms with Crippen LogP contribution in [-0.4, -0.2) is 15.0 Å². The molecule has 0 amide bonds. The van der Waals surface area contributed by atoms with Crippen molar-refractivity contribution in [2.45, 2.75) is 0 Å². The van der Waals surface area contributed by atoms with Crippen LogP contribution in [0.2, 0.25) is 0 Å². The lowest BCUT2D eigenvalue weighted by molar-refractivity contribution is 0.487. The van der Waals surface area contributed by atoms with E-state index in [9.17, 15) is 0 Å². The standard InChI is InChI=1S/C47H29N3O/c1-3-10-30(11-4-1)37-24-25-38-39-16-9-17-40-41(26-27-42(44(39)40)51-43(38)29-37)47-49-45(33-13-5-2-6-14-33)48-46(50-47)34-21-18-32(19-22-34)36-23-20-31-12-7-8-15-35(31)28-36/h1-29H. The normalized spacial score (nSPS) is 11.7. The lowest BCUT2D eigenvalue weighted by Gasteiger charge is -2.23. The van der Waals surface area contributed by atoms with Crippen LogP contribution in [0.4, 0.5) is 0 Å². The highest BCUT2D eigenvalue weighted by atomic mass is 16.5. The van der Waals surface area contributed by atoms with Gasteiger partial charge in [-0.25, -0.2) is 15.0 Å².